The Bertz CT molecular complexity index is 726. The number of carbonyl (C=O) groups excluding carboxylic acids is 1. The summed E-state index contributed by atoms with van der Waals surface area (Å²) in [6.07, 6.45) is 1.87. The van der Waals surface area contributed by atoms with Gasteiger partial charge in [-0.3, -0.25) is 0 Å². The van der Waals surface area contributed by atoms with Crippen LogP contribution in [0.4, 0.5) is 16.2 Å². The van der Waals surface area contributed by atoms with Crippen LogP contribution in [0.25, 0.3) is 0 Å². The fourth-order valence-electron chi connectivity index (χ4n) is 3.26. The van der Waals surface area contributed by atoms with Crippen molar-refractivity contribution in [1.82, 2.24) is 4.90 Å². The van der Waals surface area contributed by atoms with Gasteiger partial charge in [-0.15, -0.1) is 0 Å². The number of hydrogen-bond acceptors (Lipinski definition) is 4. The van der Waals surface area contributed by atoms with Gasteiger partial charge in [0.15, 0.2) is 0 Å². The lowest BCUT2D eigenvalue weighted by molar-refractivity contribution is 0.157. The van der Waals surface area contributed by atoms with Gasteiger partial charge < -0.3 is 24.3 Å². The Morgan fingerprint density at radius 2 is 2.12 bits per heavy atom. The van der Waals surface area contributed by atoms with Gasteiger partial charge >= 0.3 is 6.03 Å². The molecule has 0 spiro atoms. The van der Waals surface area contributed by atoms with E-state index in [1.54, 1.807) is 7.11 Å². The van der Waals surface area contributed by atoms with Crippen LogP contribution in [0.5, 0.6) is 0 Å². The number of nitrogens with one attached hydrogen (secondary N) is 1. The van der Waals surface area contributed by atoms with Gasteiger partial charge in [0.1, 0.15) is 18.1 Å². The molecule has 1 atom stereocenters. The molecule has 1 aromatic carbocycles. The predicted octanol–water partition coefficient (Wildman–Crippen LogP) is 3.86. The molecule has 0 bridgehead atoms. The summed E-state index contributed by atoms with van der Waals surface area (Å²) >= 11 is 0. The van der Waals surface area contributed by atoms with Crippen molar-refractivity contribution >= 4 is 17.4 Å². The molecule has 1 aliphatic rings. The minimum Gasteiger partial charge on any atom is -0.461 e. The molecule has 1 N–H and O–H groups in total. The molecule has 2 heterocycles. The summed E-state index contributed by atoms with van der Waals surface area (Å²) in [6, 6.07) is 11.5. The zero-order valence-electron chi connectivity index (χ0n) is 15.0. The number of benzene rings is 1. The number of anilines is 2. The standard InChI is InChI=1S/C19H25N3O3/c1-21(2)16-8-5-4-7-15(16)20-19(23)22-12-6-9-17(22)18-11-10-14(25-18)13-24-3/h4-5,7-8,10-11,17H,6,9,12-13H2,1-3H3,(H,20,23). The highest BCUT2D eigenvalue weighted by Gasteiger charge is 2.32. The highest BCUT2D eigenvalue weighted by atomic mass is 16.5. The van der Waals surface area contributed by atoms with E-state index < -0.39 is 0 Å². The Balaban J connectivity index is 1.75. The molecule has 1 saturated heterocycles. The molecular formula is C19H25N3O3. The van der Waals surface area contributed by atoms with Crippen LogP contribution in [0.1, 0.15) is 30.4 Å². The van der Waals surface area contributed by atoms with Gasteiger partial charge in [-0.1, -0.05) is 12.1 Å². The average Bonchev–Trinajstić information content (AvgIpc) is 3.24. The molecule has 0 radical (unpaired) electrons. The molecular weight excluding hydrogens is 318 g/mol. The maximum absolute atomic E-state index is 12.8. The fourth-order valence-corrected chi connectivity index (χ4v) is 3.26. The van der Waals surface area contributed by atoms with Crippen molar-refractivity contribution in [3.8, 4) is 0 Å². The van der Waals surface area contributed by atoms with Gasteiger partial charge in [0.2, 0.25) is 0 Å². The quantitative estimate of drug-likeness (QED) is 0.895. The molecule has 6 nitrogen and oxygen atoms in total. The van der Waals surface area contributed by atoms with Gasteiger partial charge in [0, 0.05) is 27.7 Å². The number of urea groups is 1. The van der Waals surface area contributed by atoms with Gasteiger partial charge in [-0.2, -0.15) is 0 Å². The van der Waals surface area contributed by atoms with Crippen LogP contribution in [0, 0.1) is 0 Å². The van der Waals surface area contributed by atoms with Crippen LogP contribution >= 0.6 is 0 Å². The molecule has 134 valence electrons. The van der Waals surface area contributed by atoms with Crippen molar-refractivity contribution in [2.45, 2.75) is 25.5 Å². The van der Waals surface area contributed by atoms with E-state index in [0.29, 0.717) is 6.61 Å². The van der Waals surface area contributed by atoms with E-state index in [4.69, 9.17) is 9.15 Å². The lowest BCUT2D eigenvalue weighted by Gasteiger charge is -2.25. The Hall–Kier alpha value is -2.47. The first kappa shape index (κ1) is 17.4. The molecule has 0 saturated carbocycles. The summed E-state index contributed by atoms with van der Waals surface area (Å²) in [6.45, 7) is 1.16. The second-order valence-electron chi connectivity index (χ2n) is 6.43. The SMILES string of the molecule is COCc1ccc(C2CCCN2C(=O)Nc2ccccc2N(C)C)o1. The zero-order chi connectivity index (χ0) is 17.8. The molecule has 2 aromatic rings. The number of furan rings is 1. The van der Waals surface area contributed by atoms with E-state index in [9.17, 15) is 4.79 Å². The third-order valence-corrected chi connectivity index (χ3v) is 4.44. The van der Waals surface area contributed by atoms with Gasteiger partial charge in [0.05, 0.1) is 17.4 Å². The molecule has 1 unspecified atom stereocenters. The smallest absolute Gasteiger partial charge is 0.322 e. The second-order valence-corrected chi connectivity index (χ2v) is 6.43. The average molecular weight is 343 g/mol. The first-order chi connectivity index (χ1) is 12.1. The molecule has 1 fully saturated rings. The number of para-hydroxylation sites is 2. The summed E-state index contributed by atoms with van der Waals surface area (Å²) in [5.74, 6) is 1.60. The van der Waals surface area contributed by atoms with E-state index in [2.05, 4.69) is 5.32 Å². The first-order valence-corrected chi connectivity index (χ1v) is 8.51. The minimum atomic E-state index is -0.0958. The molecule has 0 aliphatic carbocycles. The van der Waals surface area contributed by atoms with E-state index >= 15 is 0 Å². The molecule has 25 heavy (non-hydrogen) atoms. The number of methoxy groups -OCH3 is 1. The normalized spacial score (nSPS) is 16.9. The number of hydrogen-bond donors (Lipinski definition) is 1. The van der Waals surface area contributed by atoms with Gasteiger partial charge in [0.25, 0.3) is 0 Å². The second kappa shape index (κ2) is 7.61. The largest absolute Gasteiger partial charge is 0.461 e. The molecule has 2 amide bonds. The third-order valence-electron chi connectivity index (χ3n) is 4.44. The van der Waals surface area contributed by atoms with Crippen LogP contribution in [0.3, 0.4) is 0 Å². The van der Waals surface area contributed by atoms with Crippen LogP contribution in [-0.4, -0.2) is 38.7 Å². The van der Waals surface area contributed by atoms with Gasteiger partial charge in [-0.05, 0) is 37.1 Å². The van der Waals surface area contributed by atoms with Crippen molar-refractivity contribution in [3.05, 3.63) is 47.9 Å². The number of rotatable bonds is 5. The highest BCUT2D eigenvalue weighted by Crippen LogP contribution is 2.34. The van der Waals surface area contributed by atoms with Crippen LogP contribution in [0.2, 0.25) is 0 Å². The van der Waals surface area contributed by atoms with Crippen molar-refractivity contribution in [2.75, 3.05) is 38.0 Å². The Kier molecular flexibility index (Phi) is 5.28. The zero-order valence-corrected chi connectivity index (χ0v) is 15.0. The number of likely N-dealkylation sites (tertiary alicyclic amines) is 1. The molecule has 1 aromatic heterocycles. The van der Waals surface area contributed by atoms with Crippen molar-refractivity contribution in [1.29, 1.82) is 0 Å². The number of amides is 2. The van der Waals surface area contributed by atoms with E-state index in [0.717, 1.165) is 42.3 Å². The monoisotopic (exact) mass is 343 g/mol. The summed E-state index contributed by atoms with van der Waals surface area (Å²) in [4.78, 5) is 16.7. The Labute approximate surface area is 148 Å². The topological polar surface area (TPSA) is 58.0 Å². The summed E-state index contributed by atoms with van der Waals surface area (Å²) in [5.41, 5.74) is 1.79. The summed E-state index contributed by atoms with van der Waals surface area (Å²) in [5, 5.41) is 3.04. The fraction of sp³-hybridized carbons (Fsp3) is 0.421. The van der Waals surface area contributed by atoms with Crippen LogP contribution in [-0.2, 0) is 11.3 Å². The third kappa shape index (κ3) is 3.79. The maximum atomic E-state index is 12.8. The van der Waals surface area contributed by atoms with Crippen molar-refractivity contribution in [2.24, 2.45) is 0 Å². The van der Waals surface area contributed by atoms with Crippen molar-refractivity contribution in [3.63, 3.8) is 0 Å². The van der Waals surface area contributed by atoms with Crippen LogP contribution in [0.15, 0.2) is 40.8 Å². The van der Waals surface area contributed by atoms with E-state index in [1.807, 2.05) is 60.3 Å². The first-order valence-electron chi connectivity index (χ1n) is 8.51. The Morgan fingerprint density at radius 3 is 2.88 bits per heavy atom. The van der Waals surface area contributed by atoms with E-state index in [1.165, 1.54) is 0 Å². The highest BCUT2D eigenvalue weighted by molar-refractivity contribution is 5.93. The maximum Gasteiger partial charge on any atom is 0.322 e. The summed E-state index contributed by atoms with van der Waals surface area (Å²) < 4.78 is 10.9. The molecule has 6 heteroatoms. The minimum absolute atomic E-state index is 0.0304. The van der Waals surface area contributed by atoms with Gasteiger partial charge in [-0.25, -0.2) is 4.79 Å². The molecule has 3 rings (SSSR count). The number of nitrogens with zero attached hydrogens (tertiary/aromatic N) is 2. The number of carbonyl (C=O) groups is 1. The van der Waals surface area contributed by atoms with E-state index in [-0.39, 0.29) is 12.1 Å². The van der Waals surface area contributed by atoms with Crippen molar-refractivity contribution < 1.29 is 13.9 Å². The molecule has 1 aliphatic heterocycles. The lowest BCUT2D eigenvalue weighted by Crippen LogP contribution is -2.34. The Morgan fingerprint density at radius 1 is 1.32 bits per heavy atom. The summed E-state index contributed by atoms with van der Waals surface area (Å²) in [7, 11) is 5.56. The predicted molar refractivity (Wildman–Crippen MR) is 97.9 cm³/mol. The van der Waals surface area contributed by atoms with Crippen LogP contribution < -0.4 is 10.2 Å². The lowest BCUT2D eigenvalue weighted by atomic mass is 10.2. The number of ether oxygens (including phenoxy) is 1.